The number of amides is 2. The van der Waals surface area contributed by atoms with Gasteiger partial charge in [-0.2, -0.15) is 0 Å². The maximum atomic E-state index is 14.2. The average molecular weight is 497 g/mol. The number of nitrogens with zero attached hydrogens (tertiary/aromatic N) is 2. The van der Waals surface area contributed by atoms with Crippen LogP contribution in [-0.4, -0.2) is 23.0 Å². The Morgan fingerprint density at radius 2 is 1.36 bits per heavy atom. The van der Waals surface area contributed by atoms with E-state index in [4.69, 9.17) is 0 Å². The first-order chi connectivity index (χ1) is 17.0. The van der Waals surface area contributed by atoms with Crippen molar-refractivity contribution < 1.29 is 27.8 Å². The third-order valence-corrected chi connectivity index (χ3v) is 7.27. The number of anilines is 2. The molecule has 1 atom stereocenters. The van der Waals surface area contributed by atoms with Crippen LogP contribution in [0, 0.1) is 13.8 Å². The fraction of sp³-hybridized carbons (Fsp3) is 0.321. The minimum absolute atomic E-state index is 0.162. The molecule has 1 unspecified atom stereocenters. The van der Waals surface area contributed by atoms with Gasteiger partial charge >= 0.3 is 12.4 Å². The van der Waals surface area contributed by atoms with Crippen molar-refractivity contribution in [3.8, 4) is 5.75 Å². The Labute approximate surface area is 207 Å². The predicted molar refractivity (Wildman–Crippen MR) is 131 cm³/mol. The molecule has 1 aliphatic carbocycles. The zero-order valence-corrected chi connectivity index (χ0v) is 20.0. The smallest absolute Gasteiger partial charge is 0.406 e. The quantitative estimate of drug-likeness (QED) is 0.432. The summed E-state index contributed by atoms with van der Waals surface area (Å²) in [6.07, 6.45) is -2.40. The molecule has 1 heterocycles. The van der Waals surface area contributed by atoms with Gasteiger partial charge in [-0.05, 0) is 63.1 Å². The lowest BCUT2D eigenvalue weighted by Gasteiger charge is -2.45. The largest absolute Gasteiger partial charge is 0.573 e. The predicted octanol–water partition coefficient (Wildman–Crippen LogP) is 6.81. The maximum absolute atomic E-state index is 14.2. The van der Waals surface area contributed by atoms with E-state index >= 15 is 0 Å². The lowest BCUT2D eigenvalue weighted by molar-refractivity contribution is -0.274. The molecule has 0 radical (unpaired) electrons. The van der Waals surface area contributed by atoms with E-state index in [0.29, 0.717) is 24.2 Å². The molecule has 5 rings (SSSR count). The number of alkyl halides is 3. The van der Waals surface area contributed by atoms with Gasteiger partial charge in [0.25, 0.3) is 0 Å². The Morgan fingerprint density at radius 3 is 1.89 bits per heavy atom. The van der Waals surface area contributed by atoms with Crippen LogP contribution in [0.3, 0.4) is 0 Å². The molecule has 1 saturated heterocycles. The second-order valence-corrected chi connectivity index (χ2v) is 9.61. The van der Waals surface area contributed by atoms with E-state index in [1.807, 2.05) is 50.2 Å². The standard InChI is InChI=1S/C28H27F3N2O3/c1-19-8-12-22(13-9-19)32-25(34)33(23-14-10-20(2)11-15-23)27(35,26(32)16-3-4-17-26)21-6-5-7-24(18-21)36-28(29,30)31/h5-15,18,35H,3-4,16-17H2,1-2H3. The van der Waals surface area contributed by atoms with E-state index in [2.05, 4.69) is 4.74 Å². The Kier molecular flexibility index (Phi) is 5.75. The Bertz CT molecular complexity index is 1270. The highest BCUT2D eigenvalue weighted by atomic mass is 19.4. The van der Waals surface area contributed by atoms with Crippen LogP contribution in [0.15, 0.2) is 72.8 Å². The molecule has 2 fully saturated rings. The van der Waals surface area contributed by atoms with Crippen molar-refractivity contribution in [3.63, 3.8) is 0 Å². The normalized spacial score (nSPS) is 21.4. The van der Waals surface area contributed by atoms with Gasteiger partial charge in [0.05, 0.1) is 0 Å². The van der Waals surface area contributed by atoms with Crippen LogP contribution in [0.25, 0.3) is 0 Å². The highest BCUT2D eigenvalue weighted by molar-refractivity contribution is 6.09. The first kappa shape index (κ1) is 24.2. The lowest BCUT2D eigenvalue weighted by atomic mass is 9.79. The van der Waals surface area contributed by atoms with Crippen LogP contribution in [0.4, 0.5) is 29.3 Å². The highest BCUT2D eigenvalue weighted by Gasteiger charge is 2.69. The van der Waals surface area contributed by atoms with E-state index < -0.39 is 29.4 Å². The van der Waals surface area contributed by atoms with Crippen LogP contribution in [0.1, 0.15) is 42.4 Å². The molecule has 1 saturated carbocycles. The summed E-state index contributed by atoms with van der Waals surface area (Å²) in [5, 5.41) is 12.7. The van der Waals surface area contributed by atoms with Crippen molar-refractivity contribution in [2.75, 3.05) is 9.80 Å². The van der Waals surface area contributed by atoms with Crippen molar-refractivity contribution in [2.24, 2.45) is 0 Å². The molecule has 1 spiro atoms. The number of hydrogen-bond acceptors (Lipinski definition) is 3. The van der Waals surface area contributed by atoms with Crippen LogP contribution < -0.4 is 14.5 Å². The summed E-state index contributed by atoms with van der Waals surface area (Å²) in [6.45, 7) is 3.86. The summed E-state index contributed by atoms with van der Waals surface area (Å²) >= 11 is 0. The number of benzene rings is 3. The summed E-state index contributed by atoms with van der Waals surface area (Å²) in [4.78, 5) is 17.2. The lowest BCUT2D eigenvalue weighted by Crippen LogP contribution is -2.58. The SMILES string of the molecule is Cc1ccc(N2C(=O)N(c3ccc(C)cc3)C(O)(c3cccc(OC(F)(F)F)c3)C23CCCC3)cc1. The summed E-state index contributed by atoms with van der Waals surface area (Å²) < 4.78 is 43.3. The Balaban J connectivity index is 1.75. The topological polar surface area (TPSA) is 53.0 Å². The molecular weight excluding hydrogens is 469 g/mol. The van der Waals surface area contributed by atoms with Gasteiger partial charge in [0, 0.05) is 16.9 Å². The van der Waals surface area contributed by atoms with Gasteiger partial charge in [0.1, 0.15) is 11.3 Å². The zero-order chi connectivity index (χ0) is 25.7. The molecule has 36 heavy (non-hydrogen) atoms. The molecule has 0 bridgehead atoms. The summed E-state index contributed by atoms with van der Waals surface area (Å²) in [7, 11) is 0. The number of aliphatic hydroxyl groups is 1. The molecule has 2 amide bonds. The number of aryl methyl sites for hydroxylation is 2. The molecule has 8 heteroatoms. The van der Waals surface area contributed by atoms with Gasteiger partial charge in [-0.3, -0.25) is 9.80 Å². The number of carbonyl (C=O) groups is 1. The third kappa shape index (κ3) is 3.80. The average Bonchev–Trinajstić information content (AvgIpc) is 3.38. The molecule has 2 aliphatic rings. The number of rotatable bonds is 4. The van der Waals surface area contributed by atoms with Crippen LogP contribution >= 0.6 is 0 Å². The number of hydrogen-bond donors (Lipinski definition) is 1. The minimum Gasteiger partial charge on any atom is -0.406 e. The summed E-state index contributed by atoms with van der Waals surface area (Å²) in [5.41, 5.74) is 0.190. The van der Waals surface area contributed by atoms with E-state index in [1.165, 1.54) is 23.1 Å². The van der Waals surface area contributed by atoms with Crippen molar-refractivity contribution in [3.05, 3.63) is 89.5 Å². The zero-order valence-electron chi connectivity index (χ0n) is 20.0. The van der Waals surface area contributed by atoms with E-state index in [9.17, 15) is 23.1 Å². The van der Waals surface area contributed by atoms with Crippen LogP contribution in [-0.2, 0) is 5.72 Å². The maximum Gasteiger partial charge on any atom is 0.573 e. The van der Waals surface area contributed by atoms with Crippen molar-refractivity contribution in [2.45, 2.75) is 57.2 Å². The molecule has 188 valence electrons. The third-order valence-electron chi connectivity index (χ3n) is 7.27. The number of urea groups is 1. The van der Waals surface area contributed by atoms with Gasteiger partial charge in [0.15, 0.2) is 5.72 Å². The fourth-order valence-electron chi connectivity index (χ4n) is 5.67. The Morgan fingerprint density at radius 1 is 0.833 bits per heavy atom. The number of halogens is 3. The number of ether oxygens (including phenoxy) is 1. The minimum atomic E-state index is -4.89. The van der Waals surface area contributed by atoms with Crippen LogP contribution in [0.5, 0.6) is 5.75 Å². The van der Waals surface area contributed by atoms with Gasteiger partial charge in [-0.15, -0.1) is 13.2 Å². The Hall–Kier alpha value is -3.52. The molecular formula is C28H27F3N2O3. The molecule has 1 aliphatic heterocycles. The van der Waals surface area contributed by atoms with Crippen molar-refractivity contribution in [1.82, 2.24) is 0 Å². The highest BCUT2D eigenvalue weighted by Crippen LogP contribution is 2.57. The second-order valence-electron chi connectivity index (χ2n) is 9.61. The van der Waals surface area contributed by atoms with Gasteiger partial charge in [-0.25, -0.2) is 4.79 Å². The van der Waals surface area contributed by atoms with E-state index in [1.54, 1.807) is 23.1 Å². The van der Waals surface area contributed by atoms with Crippen molar-refractivity contribution >= 4 is 17.4 Å². The fourth-order valence-corrected chi connectivity index (χ4v) is 5.67. The second kappa shape index (κ2) is 8.55. The molecule has 5 nitrogen and oxygen atoms in total. The summed E-state index contributed by atoms with van der Waals surface area (Å²) in [5.74, 6) is -0.452. The van der Waals surface area contributed by atoms with Crippen LogP contribution in [0.2, 0.25) is 0 Å². The van der Waals surface area contributed by atoms with Gasteiger partial charge in [0.2, 0.25) is 0 Å². The van der Waals surface area contributed by atoms with E-state index in [-0.39, 0.29) is 5.56 Å². The summed E-state index contributed by atoms with van der Waals surface area (Å²) in [6, 6.07) is 19.5. The monoisotopic (exact) mass is 496 g/mol. The molecule has 3 aromatic rings. The first-order valence-corrected chi connectivity index (χ1v) is 11.9. The number of carbonyl (C=O) groups excluding carboxylic acids is 1. The first-order valence-electron chi connectivity index (χ1n) is 11.9. The van der Waals surface area contributed by atoms with Crippen molar-refractivity contribution in [1.29, 1.82) is 0 Å². The molecule has 3 aromatic carbocycles. The van der Waals surface area contributed by atoms with Gasteiger partial charge < -0.3 is 9.84 Å². The van der Waals surface area contributed by atoms with E-state index in [0.717, 1.165) is 24.0 Å². The molecule has 0 aromatic heterocycles. The van der Waals surface area contributed by atoms with Gasteiger partial charge in [-0.1, -0.05) is 60.4 Å². The molecule has 1 N–H and O–H groups in total.